The van der Waals surface area contributed by atoms with Crippen LogP contribution >= 0.6 is 22.7 Å². The van der Waals surface area contributed by atoms with Crippen LogP contribution in [-0.4, -0.2) is 0 Å². The van der Waals surface area contributed by atoms with Gasteiger partial charge in [0.15, 0.2) is 0 Å². The predicted molar refractivity (Wildman–Crippen MR) is 239 cm³/mol. The molecule has 0 nitrogen and oxygen atoms in total. The summed E-state index contributed by atoms with van der Waals surface area (Å²) < 4.78 is 5.33. The van der Waals surface area contributed by atoms with Crippen molar-refractivity contribution in [3.63, 3.8) is 0 Å². The molecule has 0 atom stereocenters. The second kappa shape index (κ2) is 11.6. The number of hydrogen-bond donors (Lipinski definition) is 0. The molecule has 0 saturated carbocycles. The molecule has 250 valence electrons. The first kappa shape index (κ1) is 30.2. The quantitative estimate of drug-likeness (QED) is 0.160. The van der Waals surface area contributed by atoms with Gasteiger partial charge in [0.2, 0.25) is 0 Å². The average Bonchev–Trinajstić information content (AvgIpc) is 3.80. The van der Waals surface area contributed by atoms with E-state index in [4.69, 9.17) is 0 Å². The fourth-order valence-electron chi connectivity index (χ4n) is 9.11. The number of hydrogen-bond acceptors (Lipinski definition) is 2. The van der Waals surface area contributed by atoms with Gasteiger partial charge in [-0.2, -0.15) is 0 Å². The standard InChI is InChI=1S/C52H30S2/c1-2-13-34-31(11-1)12-9-20-39(34)51-43-16-5-3-14-41(43)50(42-15-4-6-17-44(42)51)33-24-26-38-37-25-23-32(29-48(37)54-49(38)30-33)35-19-10-21-40-36(35)27-28-47-52(40)45-18-7-8-22-46(45)53-47/h1-30H. The highest BCUT2D eigenvalue weighted by Gasteiger charge is 2.19. The maximum absolute atomic E-state index is 2.43. The van der Waals surface area contributed by atoms with E-state index in [-0.39, 0.29) is 0 Å². The number of fused-ring (bicyclic) bond motifs is 11. The Morgan fingerprint density at radius 1 is 0.259 bits per heavy atom. The van der Waals surface area contributed by atoms with Gasteiger partial charge < -0.3 is 0 Å². The van der Waals surface area contributed by atoms with Crippen molar-refractivity contribution in [2.45, 2.75) is 0 Å². The van der Waals surface area contributed by atoms with Crippen molar-refractivity contribution >= 4 is 106 Å². The van der Waals surface area contributed by atoms with Gasteiger partial charge in [-0.05, 0) is 101 Å². The van der Waals surface area contributed by atoms with E-state index in [9.17, 15) is 0 Å². The second-order valence-corrected chi connectivity index (χ2v) is 16.5. The Bertz CT molecular complexity index is 3440. The summed E-state index contributed by atoms with van der Waals surface area (Å²) in [6, 6.07) is 67.9. The van der Waals surface area contributed by atoms with Crippen LogP contribution < -0.4 is 0 Å². The summed E-state index contributed by atoms with van der Waals surface area (Å²) in [5.74, 6) is 0. The van der Waals surface area contributed by atoms with Crippen LogP contribution in [0.25, 0.3) is 117 Å². The minimum Gasteiger partial charge on any atom is -0.135 e. The Balaban J connectivity index is 1.04. The van der Waals surface area contributed by atoms with Crippen molar-refractivity contribution in [3.05, 3.63) is 182 Å². The van der Waals surface area contributed by atoms with Gasteiger partial charge in [0.25, 0.3) is 0 Å². The highest BCUT2D eigenvalue weighted by atomic mass is 32.1. The smallest absolute Gasteiger partial charge is 0.0361 e. The van der Waals surface area contributed by atoms with Crippen molar-refractivity contribution in [2.24, 2.45) is 0 Å². The van der Waals surface area contributed by atoms with Crippen LogP contribution in [0.3, 0.4) is 0 Å². The van der Waals surface area contributed by atoms with Crippen LogP contribution in [0.1, 0.15) is 0 Å². The molecule has 0 amide bonds. The summed E-state index contributed by atoms with van der Waals surface area (Å²) in [5.41, 5.74) is 7.69. The van der Waals surface area contributed by atoms with Crippen LogP contribution in [0.2, 0.25) is 0 Å². The molecular formula is C52H30S2. The summed E-state index contributed by atoms with van der Waals surface area (Å²) in [6.07, 6.45) is 0. The largest absolute Gasteiger partial charge is 0.135 e. The van der Waals surface area contributed by atoms with Crippen molar-refractivity contribution in [3.8, 4) is 33.4 Å². The molecule has 2 aromatic heterocycles. The van der Waals surface area contributed by atoms with Crippen LogP contribution in [0.15, 0.2) is 182 Å². The van der Waals surface area contributed by atoms with Crippen molar-refractivity contribution in [2.75, 3.05) is 0 Å². The van der Waals surface area contributed by atoms with Crippen LogP contribution in [0.5, 0.6) is 0 Å². The van der Waals surface area contributed by atoms with Gasteiger partial charge in [-0.15, -0.1) is 22.7 Å². The molecule has 2 heterocycles. The Labute approximate surface area is 319 Å². The highest BCUT2D eigenvalue weighted by molar-refractivity contribution is 7.26. The molecule has 0 aliphatic rings. The average molecular weight is 719 g/mol. The summed E-state index contributed by atoms with van der Waals surface area (Å²) in [7, 11) is 0. The molecule has 0 bridgehead atoms. The van der Waals surface area contributed by atoms with Crippen molar-refractivity contribution in [1.82, 2.24) is 0 Å². The number of benzene rings is 10. The number of rotatable bonds is 3. The van der Waals surface area contributed by atoms with Crippen LogP contribution in [-0.2, 0) is 0 Å². The van der Waals surface area contributed by atoms with E-state index in [0.717, 1.165) is 0 Å². The Hall–Kier alpha value is -6.32. The zero-order chi connectivity index (χ0) is 35.3. The molecular weight excluding hydrogens is 689 g/mol. The lowest BCUT2D eigenvalue weighted by atomic mass is 9.84. The molecule has 0 saturated heterocycles. The van der Waals surface area contributed by atoms with E-state index < -0.39 is 0 Å². The molecule has 0 aliphatic carbocycles. The van der Waals surface area contributed by atoms with Gasteiger partial charge in [-0.1, -0.05) is 158 Å². The molecule has 12 rings (SSSR count). The van der Waals surface area contributed by atoms with Gasteiger partial charge >= 0.3 is 0 Å². The maximum atomic E-state index is 2.43. The van der Waals surface area contributed by atoms with Crippen molar-refractivity contribution in [1.29, 1.82) is 0 Å². The monoisotopic (exact) mass is 718 g/mol. The minimum atomic E-state index is 1.26. The molecule has 2 heteroatoms. The van der Waals surface area contributed by atoms with Gasteiger partial charge in [0.05, 0.1) is 0 Å². The van der Waals surface area contributed by atoms with Gasteiger partial charge in [0.1, 0.15) is 0 Å². The van der Waals surface area contributed by atoms with Gasteiger partial charge in [-0.3, -0.25) is 0 Å². The van der Waals surface area contributed by atoms with Gasteiger partial charge in [-0.25, -0.2) is 0 Å². The molecule has 0 unspecified atom stereocenters. The molecule has 0 radical (unpaired) electrons. The van der Waals surface area contributed by atoms with E-state index in [1.54, 1.807) is 0 Å². The zero-order valence-electron chi connectivity index (χ0n) is 29.1. The Kier molecular flexibility index (Phi) is 6.48. The molecule has 0 spiro atoms. The first-order valence-corrected chi connectivity index (χ1v) is 20.1. The number of thiophene rings is 2. The Morgan fingerprint density at radius 3 is 1.54 bits per heavy atom. The lowest BCUT2D eigenvalue weighted by Crippen LogP contribution is -1.91. The first-order chi connectivity index (χ1) is 26.8. The second-order valence-electron chi connectivity index (χ2n) is 14.3. The fraction of sp³-hybridized carbons (Fsp3) is 0. The predicted octanol–water partition coefficient (Wildman–Crippen LogP) is 16.0. The summed E-state index contributed by atoms with van der Waals surface area (Å²) in [5, 5.41) is 15.7. The van der Waals surface area contributed by atoms with Gasteiger partial charge in [0, 0.05) is 40.3 Å². The Morgan fingerprint density at radius 2 is 0.778 bits per heavy atom. The van der Waals surface area contributed by atoms with E-state index in [2.05, 4.69) is 182 Å². The lowest BCUT2D eigenvalue weighted by Gasteiger charge is -2.18. The molecule has 12 aromatic rings. The topological polar surface area (TPSA) is 0 Å². The minimum absolute atomic E-state index is 1.26. The van der Waals surface area contributed by atoms with E-state index >= 15 is 0 Å². The third-order valence-electron chi connectivity index (χ3n) is 11.5. The summed E-state index contributed by atoms with van der Waals surface area (Å²) >= 11 is 3.79. The molecule has 0 aliphatic heterocycles. The molecule has 0 fully saturated rings. The SMILES string of the molecule is c1ccc2c(-c3c4ccccc4c(-c4ccc5c(c4)sc4cc(-c6cccc7c6ccc6sc8ccccc8c67)ccc45)c4ccccc34)cccc2c1. The van der Waals surface area contributed by atoms with Crippen LogP contribution in [0.4, 0.5) is 0 Å². The zero-order valence-corrected chi connectivity index (χ0v) is 30.8. The van der Waals surface area contributed by atoms with E-state index in [1.807, 2.05) is 22.7 Å². The normalized spacial score (nSPS) is 12.1. The van der Waals surface area contributed by atoms with E-state index in [1.165, 1.54) is 117 Å². The van der Waals surface area contributed by atoms with Crippen LogP contribution in [0, 0.1) is 0 Å². The summed E-state index contributed by atoms with van der Waals surface area (Å²) in [4.78, 5) is 0. The third kappa shape index (κ3) is 4.36. The third-order valence-corrected chi connectivity index (χ3v) is 13.7. The molecule has 10 aromatic carbocycles. The molecule has 54 heavy (non-hydrogen) atoms. The first-order valence-electron chi connectivity index (χ1n) is 18.5. The fourth-order valence-corrected chi connectivity index (χ4v) is 11.4. The summed E-state index contributed by atoms with van der Waals surface area (Å²) in [6.45, 7) is 0. The molecule has 0 N–H and O–H groups in total. The lowest BCUT2D eigenvalue weighted by molar-refractivity contribution is 1.69. The van der Waals surface area contributed by atoms with E-state index in [0.29, 0.717) is 0 Å². The van der Waals surface area contributed by atoms with Crippen molar-refractivity contribution < 1.29 is 0 Å². The maximum Gasteiger partial charge on any atom is 0.0361 e. The highest BCUT2D eigenvalue weighted by Crippen LogP contribution is 2.47.